The highest BCUT2D eigenvalue weighted by Crippen LogP contribution is 2.42. The van der Waals surface area contributed by atoms with E-state index in [1.165, 1.54) is 112 Å². The largest absolute Gasteiger partial charge is 0.459 e. The van der Waals surface area contributed by atoms with Crippen LogP contribution in [0.15, 0.2) is 212 Å². The van der Waals surface area contributed by atoms with Gasteiger partial charge in [-0.25, -0.2) is 33.6 Å². The molecule has 2 aliphatic heterocycles. The Labute approximate surface area is 529 Å². The van der Waals surface area contributed by atoms with E-state index in [2.05, 4.69) is 25.7 Å². The normalized spacial score (nSPS) is 21.1. The van der Waals surface area contributed by atoms with E-state index in [0.717, 1.165) is 0 Å². The minimum atomic E-state index is -3.31. The van der Waals surface area contributed by atoms with Crippen molar-refractivity contribution in [2.45, 2.75) is 82.2 Å². The summed E-state index contributed by atoms with van der Waals surface area (Å²) in [6, 6.07) is 54.4. The fourth-order valence-corrected chi connectivity index (χ4v) is 10.1. The van der Waals surface area contributed by atoms with Crippen LogP contribution in [0.3, 0.4) is 0 Å². The molecule has 23 heteroatoms. The molecule has 0 aliphatic carbocycles. The van der Waals surface area contributed by atoms with E-state index in [9.17, 15) is 38.5 Å². The highest BCUT2D eigenvalue weighted by atomic mass is 31.2. The zero-order valence-corrected chi connectivity index (χ0v) is 51.1. The molecule has 1 N–H and O–H groups in total. The van der Waals surface area contributed by atoms with E-state index in [1.807, 2.05) is 0 Å². The second-order valence-electron chi connectivity index (χ2n) is 20.0. The number of carbonyl (C=O) groups excluding carboxylic acids is 7. The van der Waals surface area contributed by atoms with E-state index in [1.54, 1.807) is 127 Å². The minimum Gasteiger partial charge on any atom is -0.459 e. The first-order chi connectivity index (χ1) is 43.8. The summed E-state index contributed by atoms with van der Waals surface area (Å²) in [5.74, 6) is -6.54. The van der Waals surface area contributed by atoms with Gasteiger partial charge in [-0.05, 0) is 105 Å². The SMILES string of the molecule is CCN(CC)CC.CO[C@H]1O[C@H](COP(O)O[C@H]2O[C@H](COC(=O)c3ccccc3)[C@@H](OC(=O)c3ccccc3)[C@H](OC(=O)c3ccccc3)[C@@H]2OC(=O)c2ccccc2)[C@H](OC(=O)c2ccccc2)[C@H](OC(=O)c2ccccc2)[C@H]1OC(=O)c1ccccc1.[B]. The number of benzene rings is 7. The van der Waals surface area contributed by atoms with Gasteiger partial charge in [-0.1, -0.05) is 148 Å². The molecule has 1 unspecified atom stereocenters. The number of hydrogen-bond donors (Lipinski definition) is 1. The summed E-state index contributed by atoms with van der Waals surface area (Å²) in [7, 11) is -2.09. The Kier molecular flexibility index (Phi) is 27.1. The molecule has 91 heavy (non-hydrogen) atoms. The van der Waals surface area contributed by atoms with Crippen LogP contribution in [-0.4, -0.2) is 161 Å². The molecular formula is C68H68BNO20P. The highest BCUT2D eigenvalue weighted by Gasteiger charge is 2.56. The second-order valence-corrected chi connectivity index (χ2v) is 20.9. The van der Waals surface area contributed by atoms with Gasteiger partial charge in [0.2, 0.25) is 6.29 Å². The number of methoxy groups -OCH3 is 1. The molecule has 2 aliphatic rings. The third kappa shape index (κ3) is 19.5. The molecule has 0 aromatic heterocycles. The lowest BCUT2D eigenvalue weighted by molar-refractivity contribution is -0.292. The maximum atomic E-state index is 14.2. The summed E-state index contributed by atoms with van der Waals surface area (Å²) in [6.45, 7) is 8.63. The molecule has 21 nitrogen and oxygen atoms in total. The van der Waals surface area contributed by atoms with Crippen molar-refractivity contribution in [3.05, 3.63) is 251 Å². The Morgan fingerprint density at radius 3 is 0.912 bits per heavy atom. The number of ether oxygens (including phenoxy) is 10. The topological polar surface area (TPSA) is 254 Å². The van der Waals surface area contributed by atoms with Gasteiger partial charge in [0.25, 0.3) is 0 Å². The van der Waals surface area contributed by atoms with Gasteiger partial charge in [0.15, 0.2) is 42.9 Å². The average Bonchev–Trinajstić information content (AvgIpc) is 1.47. The fraction of sp³-hybridized carbons (Fsp3) is 0.279. The van der Waals surface area contributed by atoms with E-state index < -0.39 is 125 Å². The van der Waals surface area contributed by atoms with E-state index >= 15 is 0 Å². The molecule has 473 valence electrons. The molecule has 2 fully saturated rings. The molecule has 7 aromatic rings. The number of carbonyl (C=O) groups is 7. The van der Waals surface area contributed by atoms with Crippen LogP contribution in [0.4, 0.5) is 0 Å². The number of esters is 7. The molecule has 11 atom stereocenters. The van der Waals surface area contributed by atoms with E-state index in [-0.39, 0.29) is 47.4 Å². The minimum absolute atomic E-state index is 0. The summed E-state index contributed by atoms with van der Waals surface area (Å²) < 4.78 is 72.7. The van der Waals surface area contributed by atoms with Gasteiger partial charge in [0.1, 0.15) is 18.8 Å². The van der Waals surface area contributed by atoms with Gasteiger partial charge in [-0.15, -0.1) is 0 Å². The molecular weight excluding hydrogens is 1190 g/mol. The Morgan fingerprint density at radius 1 is 0.374 bits per heavy atom. The van der Waals surface area contributed by atoms with Gasteiger partial charge < -0.3 is 61.7 Å². The molecule has 7 aromatic carbocycles. The zero-order chi connectivity index (χ0) is 63.8. The molecule has 0 saturated carbocycles. The highest BCUT2D eigenvalue weighted by molar-refractivity contribution is 7.40. The molecule has 9 rings (SSSR count). The van der Waals surface area contributed by atoms with Crippen LogP contribution < -0.4 is 0 Å². The Hall–Kier alpha value is -8.96. The van der Waals surface area contributed by atoms with Crippen molar-refractivity contribution in [1.82, 2.24) is 4.90 Å². The van der Waals surface area contributed by atoms with E-state index in [4.69, 9.17) is 56.4 Å². The molecule has 0 bridgehead atoms. The average molecular weight is 1260 g/mol. The summed E-state index contributed by atoms with van der Waals surface area (Å²) in [6.07, 6.45) is -17.4. The third-order valence-corrected chi connectivity index (χ3v) is 15.0. The van der Waals surface area contributed by atoms with Crippen LogP contribution in [0, 0.1) is 0 Å². The van der Waals surface area contributed by atoms with Crippen molar-refractivity contribution < 1.29 is 94.9 Å². The Balaban J connectivity index is 0.00000139. The lowest BCUT2D eigenvalue weighted by atomic mass is 9.97. The number of nitrogens with zero attached hydrogens (tertiary/aromatic N) is 1. The van der Waals surface area contributed by atoms with Crippen LogP contribution in [0.1, 0.15) is 93.3 Å². The fourth-order valence-electron chi connectivity index (χ4n) is 9.44. The molecule has 2 heterocycles. The van der Waals surface area contributed by atoms with Gasteiger partial charge in [0.05, 0.1) is 45.6 Å². The van der Waals surface area contributed by atoms with E-state index in [0.29, 0.717) is 0 Å². The third-order valence-electron chi connectivity index (χ3n) is 14.2. The lowest BCUT2D eigenvalue weighted by Crippen LogP contribution is -2.63. The summed E-state index contributed by atoms with van der Waals surface area (Å²) in [5, 5.41) is 0. The van der Waals surface area contributed by atoms with Crippen LogP contribution in [0.2, 0.25) is 0 Å². The van der Waals surface area contributed by atoms with Crippen molar-refractivity contribution in [2.75, 3.05) is 40.0 Å². The standard InChI is InChI=1S/C62H53O20P.C6H15N.B/c1-71-61-52(80-59(68)44-33-19-7-20-34-44)50(78-57(66)42-29-15-5-16-30-42)49(77-56(65)41-27-13-4-14-28-41)47(74-61)38-73-83(70)82-62-53(81-60(69)45-35-21-8-22-36-45)51(79-58(67)43-31-17-6-18-32-43)48(76-55(64)40-25-11-3-12-26-40)46(75-62)37-72-54(63)39-23-9-2-10-24-39;1-4-7(5-2)6-3;/h2-36,46-53,61-62,70H,37-38H2,1H3;4-6H2,1-3H3;/t46-,47-,48-,49+,50+,51+,52-,53+,61+,62-,83?;;/m1../s1. The zero-order valence-electron chi connectivity index (χ0n) is 50.2. The van der Waals surface area contributed by atoms with Crippen molar-refractivity contribution in [3.8, 4) is 0 Å². The van der Waals surface area contributed by atoms with Gasteiger partial charge in [0, 0.05) is 15.5 Å². The van der Waals surface area contributed by atoms with Gasteiger partial charge in [-0.2, -0.15) is 0 Å². The quantitative estimate of drug-likeness (QED) is 0.0256. The lowest BCUT2D eigenvalue weighted by Gasteiger charge is -2.45. The van der Waals surface area contributed by atoms with Gasteiger partial charge in [-0.3, -0.25) is 4.52 Å². The summed E-state index contributed by atoms with van der Waals surface area (Å²) in [4.78, 5) is 112. The first-order valence-corrected chi connectivity index (χ1v) is 30.0. The van der Waals surface area contributed by atoms with Crippen molar-refractivity contribution in [1.29, 1.82) is 0 Å². The van der Waals surface area contributed by atoms with Crippen LogP contribution >= 0.6 is 8.60 Å². The van der Waals surface area contributed by atoms with Crippen molar-refractivity contribution >= 4 is 58.8 Å². The molecule has 0 spiro atoms. The maximum absolute atomic E-state index is 14.2. The predicted octanol–water partition coefficient (Wildman–Crippen LogP) is 9.51. The molecule has 0 amide bonds. The Bertz CT molecular complexity index is 3390. The summed E-state index contributed by atoms with van der Waals surface area (Å²) in [5.41, 5.74) is 0.448. The van der Waals surface area contributed by atoms with Crippen molar-refractivity contribution in [3.63, 3.8) is 0 Å². The maximum Gasteiger partial charge on any atom is 0.338 e. The number of rotatable bonds is 24. The van der Waals surface area contributed by atoms with Crippen LogP contribution in [0.25, 0.3) is 0 Å². The first-order valence-electron chi connectivity index (χ1n) is 28.9. The van der Waals surface area contributed by atoms with Crippen LogP contribution in [0.5, 0.6) is 0 Å². The van der Waals surface area contributed by atoms with Gasteiger partial charge >= 0.3 is 50.4 Å². The van der Waals surface area contributed by atoms with Crippen LogP contribution in [-0.2, 0) is 56.4 Å². The summed E-state index contributed by atoms with van der Waals surface area (Å²) >= 11 is 0. The van der Waals surface area contributed by atoms with Crippen molar-refractivity contribution in [2.24, 2.45) is 0 Å². The first kappa shape index (κ1) is 69.5. The Morgan fingerprint density at radius 2 is 0.626 bits per heavy atom. The second kappa shape index (κ2) is 35.4. The monoisotopic (exact) mass is 1260 g/mol. The molecule has 2 saturated heterocycles. The number of hydrogen-bond acceptors (Lipinski definition) is 21. The smallest absolute Gasteiger partial charge is 0.338 e. The molecule has 3 radical (unpaired) electrons. The predicted molar refractivity (Wildman–Crippen MR) is 330 cm³/mol.